The van der Waals surface area contributed by atoms with E-state index in [0.717, 1.165) is 24.8 Å². The van der Waals surface area contributed by atoms with Crippen LogP contribution >= 0.6 is 11.6 Å². The second-order valence-electron chi connectivity index (χ2n) is 6.43. The van der Waals surface area contributed by atoms with E-state index in [1.54, 1.807) is 24.3 Å². The van der Waals surface area contributed by atoms with Crippen molar-refractivity contribution < 1.29 is 13.2 Å². The minimum Gasteiger partial charge on any atom is -0.355 e. The van der Waals surface area contributed by atoms with Crippen molar-refractivity contribution in [3.8, 4) is 0 Å². The minimum atomic E-state index is -4.65. The van der Waals surface area contributed by atoms with Gasteiger partial charge in [-0.05, 0) is 30.9 Å². The fourth-order valence-corrected chi connectivity index (χ4v) is 3.38. The zero-order valence-corrected chi connectivity index (χ0v) is 15.0. The third kappa shape index (κ3) is 3.55. The molecule has 2 aromatic heterocycles. The number of benzene rings is 1. The van der Waals surface area contributed by atoms with Gasteiger partial charge in [0.1, 0.15) is 0 Å². The molecule has 0 unspecified atom stereocenters. The van der Waals surface area contributed by atoms with Crippen molar-refractivity contribution in [2.24, 2.45) is 0 Å². The van der Waals surface area contributed by atoms with E-state index in [1.165, 1.54) is 4.68 Å². The predicted octanol–water partition coefficient (Wildman–Crippen LogP) is 3.93. The summed E-state index contributed by atoms with van der Waals surface area (Å²) in [5, 5.41) is 8.60. The van der Waals surface area contributed by atoms with E-state index in [4.69, 9.17) is 11.6 Å². The molecule has 10 heteroatoms. The van der Waals surface area contributed by atoms with Crippen molar-refractivity contribution in [3.63, 3.8) is 0 Å². The highest BCUT2D eigenvalue weighted by Crippen LogP contribution is 2.32. The molecule has 6 nitrogen and oxygen atoms in total. The Labute approximate surface area is 158 Å². The van der Waals surface area contributed by atoms with Gasteiger partial charge in [-0.2, -0.15) is 13.2 Å². The summed E-state index contributed by atoms with van der Waals surface area (Å²) in [4.78, 5) is 9.33. The van der Waals surface area contributed by atoms with Gasteiger partial charge in [-0.15, -0.1) is 5.10 Å². The lowest BCUT2D eigenvalue weighted by Gasteiger charge is -2.27. The van der Waals surface area contributed by atoms with E-state index >= 15 is 0 Å². The van der Waals surface area contributed by atoms with Gasteiger partial charge in [-0.25, -0.2) is 14.6 Å². The summed E-state index contributed by atoms with van der Waals surface area (Å²) in [6.07, 6.45) is -1.80. The average molecular weight is 397 g/mol. The molecule has 142 valence electrons. The third-order valence-electron chi connectivity index (χ3n) is 4.53. The summed E-state index contributed by atoms with van der Waals surface area (Å²) in [5.41, 5.74) is 1.05. The van der Waals surface area contributed by atoms with Crippen LogP contribution in [0.4, 0.5) is 19.0 Å². The van der Waals surface area contributed by atoms with Crippen LogP contribution in [0.3, 0.4) is 0 Å². The molecule has 0 N–H and O–H groups in total. The van der Waals surface area contributed by atoms with Gasteiger partial charge in [0, 0.05) is 18.1 Å². The van der Waals surface area contributed by atoms with Crippen molar-refractivity contribution >= 4 is 28.6 Å². The van der Waals surface area contributed by atoms with Gasteiger partial charge < -0.3 is 4.90 Å². The number of hydrogen-bond donors (Lipinski definition) is 0. The van der Waals surface area contributed by atoms with E-state index in [1.807, 2.05) is 4.90 Å². The topological polar surface area (TPSA) is 59.7 Å². The van der Waals surface area contributed by atoms with Gasteiger partial charge in [0.15, 0.2) is 17.0 Å². The lowest BCUT2D eigenvalue weighted by Crippen LogP contribution is -2.31. The first-order chi connectivity index (χ1) is 12.9. The first-order valence-electron chi connectivity index (χ1n) is 8.60. The van der Waals surface area contributed by atoms with Crippen LogP contribution in [0.5, 0.6) is 0 Å². The van der Waals surface area contributed by atoms with Crippen molar-refractivity contribution in [2.45, 2.75) is 32.0 Å². The molecular formula is C17H16ClF3N6. The first-order valence-corrected chi connectivity index (χ1v) is 8.98. The maximum Gasteiger partial charge on any atom is 0.451 e. The number of hydrogen-bond acceptors (Lipinski definition) is 5. The average Bonchev–Trinajstić information content (AvgIpc) is 3.06. The molecule has 0 atom stereocenters. The molecule has 0 amide bonds. The van der Waals surface area contributed by atoms with Crippen molar-refractivity contribution in [2.75, 3.05) is 18.0 Å². The minimum absolute atomic E-state index is 0.0535. The van der Waals surface area contributed by atoms with Gasteiger partial charge in [-0.3, -0.25) is 0 Å². The summed E-state index contributed by atoms with van der Waals surface area (Å²) in [5.74, 6) is -0.990. The third-order valence-corrected chi connectivity index (χ3v) is 4.90. The summed E-state index contributed by atoms with van der Waals surface area (Å²) < 4.78 is 41.5. The smallest absolute Gasteiger partial charge is 0.355 e. The molecule has 1 saturated heterocycles. The first kappa shape index (κ1) is 18.0. The Kier molecular flexibility index (Phi) is 4.63. The van der Waals surface area contributed by atoms with E-state index in [0.29, 0.717) is 18.1 Å². The summed E-state index contributed by atoms with van der Waals surface area (Å²) in [6.45, 7) is 1.45. The number of alkyl halides is 3. The number of anilines is 1. The Morgan fingerprint density at radius 1 is 1.04 bits per heavy atom. The molecule has 3 aromatic rings. The maximum atomic E-state index is 13.4. The molecule has 1 fully saturated rings. The molecule has 0 aliphatic carbocycles. The second kappa shape index (κ2) is 6.95. The zero-order chi connectivity index (χ0) is 19.0. The van der Waals surface area contributed by atoms with Crippen molar-refractivity contribution in [1.29, 1.82) is 0 Å². The van der Waals surface area contributed by atoms with Gasteiger partial charge in [0.2, 0.25) is 5.82 Å². The van der Waals surface area contributed by atoms with Gasteiger partial charge in [-0.1, -0.05) is 35.0 Å². The summed E-state index contributed by atoms with van der Waals surface area (Å²) in [7, 11) is 0. The number of rotatable bonds is 3. The Balaban J connectivity index is 1.83. The molecule has 0 bridgehead atoms. The standard InChI is InChI=1S/C17H16ClF3N6/c18-12-7-3-2-6-11(12)10-27-15-13(24-25-27)14(26-8-4-1-5-9-26)22-16(23-15)17(19,20)21/h2-3,6-7H,1,4-5,8-10H2. The fourth-order valence-electron chi connectivity index (χ4n) is 3.19. The maximum absolute atomic E-state index is 13.4. The van der Waals surface area contributed by atoms with Crippen LogP contribution in [0.1, 0.15) is 30.7 Å². The normalized spacial score (nSPS) is 15.5. The highest BCUT2D eigenvalue weighted by molar-refractivity contribution is 6.31. The molecule has 1 aromatic carbocycles. The molecule has 27 heavy (non-hydrogen) atoms. The Morgan fingerprint density at radius 2 is 1.78 bits per heavy atom. The monoisotopic (exact) mass is 396 g/mol. The lowest BCUT2D eigenvalue weighted by molar-refractivity contribution is -0.144. The quantitative estimate of drug-likeness (QED) is 0.671. The van der Waals surface area contributed by atoms with Crippen LogP contribution in [0.15, 0.2) is 24.3 Å². The van der Waals surface area contributed by atoms with E-state index in [9.17, 15) is 13.2 Å². The second-order valence-corrected chi connectivity index (χ2v) is 6.83. The van der Waals surface area contributed by atoms with Gasteiger partial charge in [0.25, 0.3) is 0 Å². The summed E-state index contributed by atoms with van der Waals surface area (Å²) in [6, 6.07) is 7.08. The number of halogens is 4. The van der Waals surface area contributed by atoms with Gasteiger partial charge >= 0.3 is 6.18 Å². The molecule has 3 heterocycles. The molecule has 1 aliphatic rings. The van der Waals surface area contributed by atoms with Crippen molar-refractivity contribution in [1.82, 2.24) is 25.0 Å². The SMILES string of the molecule is FC(F)(F)c1nc(N2CCCCC2)c2nnn(Cc3ccccc3Cl)c2n1. The van der Waals surface area contributed by atoms with Crippen LogP contribution in [-0.4, -0.2) is 38.1 Å². The Bertz CT molecular complexity index is 965. The van der Waals surface area contributed by atoms with E-state index in [2.05, 4.69) is 20.3 Å². The molecular weight excluding hydrogens is 381 g/mol. The van der Waals surface area contributed by atoms with E-state index < -0.39 is 12.0 Å². The van der Waals surface area contributed by atoms with Crippen LogP contribution in [0, 0.1) is 0 Å². The van der Waals surface area contributed by atoms with Gasteiger partial charge in [0.05, 0.1) is 6.54 Å². The number of fused-ring (bicyclic) bond motifs is 1. The fraction of sp³-hybridized carbons (Fsp3) is 0.412. The van der Waals surface area contributed by atoms with Crippen LogP contribution < -0.4 is 4.90 Å². The number of piperidine rings is 1. The highest BCUT2D eigenvalue weighted by Gasteiger charge is 2.37. The Hall–Kier alpha value is -2.42. The highest BCUT2D eigenvalue weighted by atomic mass is 35.5. The van der Waals surface area contributed by atoms with Crippen LogP contribution in [0.25, 0.3) is 11.2 Å². The van der Waals surface area contributed by atoms with E-state index in [-0.39, 0.29) is 23.5 Å². The van der Waals surface area contributed by atoms with Crippen LogP contribution in [-0.2, 0) is 12.7 Å². The molecule has 0 radical (unpaired) electrons. The zero-order valence-electron chi connectivity index (χ0n) is 14.2. The molecule has 0 spiro atoms. The van der Waals surface area contributed by atoms with Crippen LogP contribution in [0.2, 0.25) is 5.02 Å². The largest absolute Gasteiger partial charge is 0.451 e. The molecule has 0 saturated carbocycles. The number of nitrogens with zero attached hydrogens (tertiary/aromatic N) is 6. The Morgan fingerprint density at radius 3 is 2.48 bits per heavy atom. The lowest BCUT2D eigenvalue weighted by atomic mass is 10.1. The molecule has 4 rings (SSSR count). The predicted molar refractivity (Wildman–Crippen MR) is 94.7 cm³/mol. The summed E-state index contributed by atoms with van der Waals surface area (Å²) >= 11 is 6.17. The van der Waals surface area contributed by atoms with Crippen molar-refractivity contribution in [3.05, 3.63) is 40.7 Å². The number of aromatic nitrogens is 5. The molecule has 1 aliphatic heterocycles.